The van der Waals surface area contributed by atoms with E-state index < -0.39 is 28.5 Å². The molecule has 1 aliphatic carbocycles. The minimum atomic E-state index is -4.18. The van der Waals surface area contributed by atoms with Crippen molar-refractivity contribution in [1.82, 2.24) is 10.2 Å². The van der Waals surface area contributed by atoms with Gasteiger partial charge in [0.2, 0.25) is 11.8 Å². The number of nitrogens with one attached hydrogen (secondary N) is 1. The number of halogens is 3. The van der Waals surface area contributed by atoms with Gasteiger partial charge in [-0.2, -0.15) is 0 Å². The van der Waals surface area contributed by atoms with Gasteiger partial charge in [-0.25, -0.2) is 8.42 Å². The molecule has 0 aromatic heterocycles. The van der Waals surface area contributed by atoms with Crippen molar-refractivity contribution >= 4 is 62.3 Å². The quantitative estimate of drug-likeness (QED) is 0.271. The second-order valence-corrected chi connectivity index (χ2v) is 13.3. The summed E-state index contributed by atoms with van der Waals surface area (Å²) in [7, 11) is -4.18. The van der Waals surface area contributed by atoms with Crippen LogP contribution in [-0.4, -0.2) is 43.8 Å². The first-order valence-electron chi connectivity index (χ1n) is 13.4. The van der Waals surface area contributed by atoms with E-state index in [1.165, 1.54) is 17.0 Å². The van der Waals surface area contributed by atoms with Crippen LogP contribution in [0.3, 0.4) is 0 Å². The number of aryl methyl sites for hydroxylation is 1. The lowest BCUT2D eigenvalue weighted by atomic mass is 10.1. The third kappa shape index (κ3) is 7.36. The van der Waals surface area contributed by atoms with Crippen LogP contribution in [0.25, 0.3) is 0 Å². The van der Waals surface area contributed by atoms with E-state index in [1.807, 2.05) is 0 Å². The number of carbonyl (C=O) groups is 2. The molecule has 1 atom stereocenters. The zero-order chi connectivity index (χ0) is 29.7. The summed E-state index contributed by atoms with van der Waals surface area (Å²) in [4.78, 5) is 28.8. The topological polar surface area (TPSA) is 86.8 Å². The maximum absolute atomic E-state index is 14.1. The standard InChI is InChI=1S/C30H32Cl3N3O4S/c1-20-17-22(31)15-16-28(20)36(41(39,40)24-11-4-3-5-12-24)19-29(37)35(18-25-26(32)13-8-14-27(25)33)21(2)30(38)34-23-9-6-7-10-23/h3-5,8,11-17,21,23H,6-7,9-10,18-19H2,1-2H3,(H,34,38)/t21-/m0/s1. The number of sulfonamides is 1. The molecule has 1 aliphatic rings. The lowest BCUT2D eigenvalue weighted by molar-refractivity contribution is -0.139. The van der Waals surface area contributed by atoms with Gasteiger partial charge in [0.1, 0.15) is 12.6 Å². The maximum Gasteiger partial charge on any atom is 0.264 e. The smallest absolute Gasteiger partial charge is 0.264 e. The minimum Gasteiger partial charge on any atom is -0.352 e. The Morgan fingerprint density at radius 2 is 1.59 bits per heavy atom. The SMILES string of the molecule is Cc1cc(Cl)ccc1N(CC(=O)N(Cc1c(Cl)cccc1Cl)[C@@H](C)C(=O)NC1CCCC1)S(=O)(=O)c1ccccc1. The summed E-state index contributed by atoms with van der Waals surface area (Å²) in [6.45, 7) is 2.69. The van der Waals surface area contributed by atoms with Crippen molar-refractivity contribution in [2.75, 3.05) is 10.8 Å². The molecule has 41 heavy (non-hydrogen) atoms. The summed E-state index contributed by atoms with van der Waals surface area (Å²) in [5.74, 6) is -0.919. The van der Waals surface area contributed by atoms with Crippen molar-refractivity contribution in [2.24, 2.45) is 0 Å². The average molecular weight is 637 g/mol. The fourth-order valence-corrected chi connectivity index (χ4v) is 7.20. The fourth-order valence-electron chi connectivity index (χ4n) is 4.96. The van der Waals surface area contributed by atoms with Crippen molar-refractivity contribution in [3.05, 3.63) is 92.9 Å². The monoisotopic (exact) mass is 635 g/mol. The number of carbonyl (C=O) groups excluding carboxylic acids is 2. The first-order valence-corrected chi connectivity index (χ1v) is 15.9. The number of benzene rings is 3. The Kier molecular flexibility index (Phi) is 10.2. The molecule has 11 heteroatoms. The zero-order valence-corrected chi connectivity index (χ0v) is 25.9. The second kappa shape index (κ2) is 13.5. The van der Waals surface area contributed by atoms with Gasteiger partial charge in [0.25, 0.3) is 10.0 Å². The molecule has 218 valence electrons. The summed E-state index contributed by atoms with van der Waals surface area (Å²) in [6, 6.07) is 16.7. The van der Waals surface area contributed by atoms with Crippen molar-refractivity contribution in [2.45, 2.75) is 63.1 Å². The molecule has 2 amide bonds. The van der Waals surface area contributed by atoms with Crippen LogP contribution in [0.2, 0.25) is 15.1 Å². The molecular weight excluding hydrogens is 605 g/mol. The summed E-state index contributed by atoms with van der Waals surface area (Å²) in [5, 5.41) is 4.14. The van der Waals surface area contributed by atoms with Gasteiger partial charge in [-0.05, 0) is 74.7 Å². The molecule has 0 saturated heterocycles. The van der Waals surface area contributed by atoms with Crippen LogP contribution in [0.1, 0.15) is 43.7 Å². The van der Waals surface area contributed by atoms with Crippen LogP contribution < -0.4 is 9.62 Å². The summed E-state index contributed by atoms with van der Waals surface area (Å²) in [5.41, 5.74) is 1.33. The molecule has 0 aliphatic heterocycles. The minimum absolute atomic E-state index is 0.0230. The predicted molar refractivity (Wildman–Crippen MR) is 164 cm³/mol. The highest BCUT2D eigenvalue weighted by Gasteiger charge is 2.34. The Morgan fingerprint density at radius 3 is 2.20 bits per heavy atom. The zero-order valence-electron chi connectivity index (χ0n) is 22.8. The van der Waals surface area contributed by atoms with Gasteiger partial charge < -0.3 is 10.2 Å². The number of anilines is 1. The first-order chi connectivity index (χ1) is 19.5. The molecule has 1 fully saturated rings. The summed E-state index contributed by atoms with van der Waals surface area (Å²) in [6.07, 6.45) is 3.82. The Morgan fingerprint density at radius 1 is 0.951 bits per heavy atom. The number of rotatable bonds is 10. The molecule has 4 rings (SSSR count). The lowest BCUT2D eigenvalue weighted by Crippen LogP contribution is -2.52. The Hall–Kier alpha value is -2.78. The normalized spacial score (nSPS) is 14.5. The first kappa shape index (κ1) is 31.2. The summed E-state index contributed by atoms with van der Waals surface area (Å²) < 4.78 is 28.9. The Labute approximate surface area is 256 Å². The third-order valence-electron chi connectivity index (χ3n) is 7.30. The molecule has 1 N–H and O–H groups in total. The summed E-state index contributed by atoms with van der Waals surface area (Å²) >= 11 is 19.1. The van der Waals surface area contributed by atoms with Crippen LogP contribution in [-0.2, 0) is 26.2 Å². The van der Waals surface area contributed by atoms with Gasteiger partial charge in [0.15, 0.2) is 0 Å². The molecule has 0 radical (unpaired) electrons. The van der Waals surface area contributed by atoms with E-state index in [4.69, 9.17) is 34.8 Å². The number of amides is 2. The van der Waals surface area contributed by atoms with Crippen LogP contribution in [0.4, 0.5) is 5.69 Å². The largest absolute Gasteiger partial charge is 0.352 e. The van der Waals surface area contributed by atoms with E-state index in [9.17, 15) is 18.0 Å². The van der Waals surface area contributed by atoms with Crippen molar-refractivity contribution in [3.8, 4) is 0 Å². The second-order valence-electron chi connectivity index (χ2n) is 10.1. The van der Waals surface area contributed by atoms with Crippen LogP contribution in [0.5, 0.6) is 0 Å². The van der Waals surface area contributed by atoms with Crippen LogP contribution >= 0.6 is 34.8 Å². The van der Waals surface area contributed by atoms with E-state index in [2.05, 4.69) is 5.32 Å². The predicted octanol–water partition coefficient (Wildman–Crippen LogP) is 6.63. The van der Waals surface area contributed by atoms with E-state index in [-0.39, 0.29) is 23.4 Å². The molecule has 0 heterocycles. The van der Waals surface area contributed by atoms with E-state index in [0.29, 0.717) is 31.9 Å². The average Bonchev–Trinajstić information content (AvgIpc) is 3.45. The molecule has 0 spiro atoms. The van der Waals surface area contributed by atoms with E-state index in [0.717, 1.165) is 30.0 Å². The molecule has 3 aromatic rings. The number of hydrogen-bond acceptors (Lipinski definition) is 4. The molecular formula is C30H32Cl3N3O4S. The van der Waals surface area contributed by atoms with Crippen molar-refractivity contribution in [1.29, 1.82) is 0 Å². The van der Waals surface area contributed by atoms with Crippen molar-refractivity contribution < 1.29 is 18.0 Å². The Bertz CT molecular complexity index is 1490. The van der Waals surface area contributed by atoms with Crippen LogP contribution in [0, 0.1) is 6.92 Å². The highest BCUT2D eigenvalue weighted by atomic mass is 35.5. The van der Waals surface area contributed by atoms with Gasteiger partial charge in [-0.15, -0.1) is 0 Å². The van der Waals surface area contributed by atoms with Gasteiger partial charge in [0, 0.05) is 33.2 Å². The van der Waals surface area contributed by atoms with Gasteiger partial charge in [-0.1, -0.05) is 71.9 Å². The molecule has 0 bridgehead atoms. The van der Waals surface area contributed by atoms with Gasteiger partial charge in [0.05, 0.1) is 10.6 Å². The number of nitrogens with zero attached hydrogens (tertiary/aromatic N) is 2. The van der Waals surface area contributed by atoms with Crippen molar-refractivity contribution in [3.63, 3.8) is 0 Å². The van der Waals surface area contributed by atoms with Crippen LogP contribution in [0.15, 0.2) is 71.6 Å². The molecule has 3 aromatic carbocycles. The highest BCUT2D eigenvalue weighted by Crippen LogP contribution is 2.31. The van der Waals surface area contributed by atoms with E-state index in [1.54, 1.807) is 68.4 Å². The van der Waals surface area contributed by atoms with Gasteiger partial charge in [-0.3, -0.25) is 13.9 Å². The van der Waals surface area contributed by atoms with E-state index >= 15 is 0 Å². The van der Waals surface area contributed by atoms with Gasteiger partial charge >= 0.3 is 0 Å². The molecule has 0 unspecified atom stereocenters. The molecule has 7 nitrogen and oxygen atoms in total. The maximum atomic E-state index is 14.1. The molecule has 1 saturated carbocycles. The highest BCUT2D eigenvalue weighted by molar-refractivity contribution is 7.92. The lowest BCUT2D eigenvalue weighted by Gasteiger charge is -2.33. The fraction of sp³-hybridized carbons (Fsp3) is 0.333. The number of hydrogen-bond donors (Lipinski definition) is 1. The Balaban J connectivity index is 1.73. The third-order valence-corrected chi connectivity index (χ3v) is 10.0.